The summed E-state index contributed by atoms with van der Waals surface area (Å²) in [6.07, 6.45) is 2.08. The van der Waals surface area contributed by atoms with Gasteiger partial charge in [-0.2, -0.15) is 0 Å². The molecule has 0 aliphatic carbocycles. The fourth-order valence-electron chi connectivity index (χ4n) is 1.22. The Bertz CT molecular complexity index is 146. The highest BCUT2D eigenvalue weighted by Crippen LogP contribution is 1.92. The topological polar surface area (TPSA) is 82.0 Å². The summed E-state index contributed by atoms with van der Waals surface area (Å²) in [5.74, 6) is 0. The quantitative estimate of drug-likeness (QED) is 0.363. The molecule has 0 spiro atoms. The third-order valence-corrected chi connectivity index (χ3v) is 2.17. The van der Waals surface area contributed by atoms with Gasteiger partial charge in [0.2, 0.25) is 0 Å². The molecule has 0 radical (unpaired) electrons. The molecule has 0 saturated carbocycles. The van der Waals surface area contributed by atoms with E-state index in [1.807, 2.05) is 0 Å². The first-order valence-electron chi connectivity index (χ1n) is 5.96. The first-order chi connectivity index (χ1) is 7.70. The lowest BCUT2D eigenvalue weighted by molar-refractivity contribution is -0.0236. The maximum absolute atomic E-state index is 9.46. The van der Waals surface area contributed by atoms with Crippen molar-refractivity contribution >= 4 is 0 Å². The monoisotopic (exact) mass is 235 g/mol. The molecule has 98 valence electrons. The Labute approximate surface area is 97.4 Å². The van der Waals surface area contributed by atoms with Crippen LogP contribution in [0.3, 0.4) is 0 Å². The summed E-state index contributed by atoms with van der Waals surface area (Å²) in [4.78, 5) is 0. The standard InChI is InChI=1S/C11H25NO4/c1-2-3-4-5-12-6-10(14)8-16-9-11(15)7-13/h10-15H,2-9H2,1H3. The summed E-state index contributed by atoms with van der Waals surface area (Å²) >= 11 is 0. The summed E-state index contributed by atoms with van der Waals surface area (Å²) in [6, 6.07) is 0. The van der Waals surface area contributed by atoms with Crippen molar-refractivity contribution in [2.45, 2.75) is 38.4 Å². The number of aliphatic hydroxyl groups excluding tert-OH is 3. The highest BCUT2D eigenvalue weighted by molar-refractivity contribution is 4.59. The van der Waals surface area contributed by atoms with Crippen molar-refractivity contribution in [3.05, 3.63) is 0 Å². The van der Waals surface area contributed by atoms with Gasteiger partial charge < -0.3 is 25.4 Å². The van der Waals surface area contributed by atoms with Gasteiger partial charge in [-0.3, -0.25) is 0 Å². The molecule has 0 aromatic carbocycles. The second-order valence-electron chi connectivity index (χ2n) is 3.94. The molecule has 0 aromatic rings. The summed E-state index contributed by atoms with van der Waals surface area (Å²) in [5.41, 5.74) is 0. The summed E-state index contributed by atoms with van der Waals surface area (Å²) in [7, 11) is 0. The molecular weight excluding hydrogens is 210 g/mol. The Morgan fingerprint density at radius 3 is 2.44 bits per heavy atom. The Morgan fingerprint density at radius 2 is 1.81 bits per heavy atom. The minimum atomic E-state index is -0.857. The van der Waals surface area contributed by atoms with Crippen LogP contribution in [0.15, 0.2) is 0 Å². The lowest BCUT2D eigenvalue weighted by Crippen LogP contribution is -2.32. The number of hydrogen-bond acceptors (Lipinski definition) is 5. The van der Waals surface area contributed by atoms with Gasteiger partial charge in [-0.25, -0.2) is 0 Å². The van der Waals surface area contributed by atoms with E-state index in [0.29, 0.717) is 6.54 Å². The van der Waals surface area contributed by atoms with Crippen molar-refractivity contribution in [3.8, 4) is 0 Å². The van der Waals surface area contributed by atoms with Gasteiger partial charge in [-0.05, 0) is 13.0 Å². The molecule has 0 saturated heterocycles. The molecule has 0 aromatic heterocycles. The van der Waals surface area contributed by atoms with Crippen molar-refractivity contribution in [3.63, 3.8) is 0 Å². The number of unbranched alkanes of at least 4 members (excludes halogenated alkanes) is 2. The highest BCUT2D eigenvalue weighted by Gasteiger charge is 2.06. The first kappa shape index (κ1) is 15.8. The first-order valence-corrected chi connectivity index (χ1v) is 5.96. The lowest BCUT2D eigenvalue weighted by atomic mass is 10.2. The van der Waals surface area contributed by atoms with Gasteiger partial charge in [0.05, 0.1) is 25.9 Å². The zero-order chi connectivity index (χ0) is 12.2. The molecular formula is C11H25NO4. The van der Waals surface area contributed by atoms with Gasteiger partial charge in [0.25, 0.3) is 0 Å². The molecule has 0 amide bonds. The van der Waals surface area contributed by atoms with Gasteiger partial charge in [0, 0.05) is 6.54 Å². The maximum Gasteiger partial charge on any atom is 0.100 e. The average molecular weight is 235 g/mol. The van der Waals surface area contributed by atoms with Crippen LogP contribution in [0.2, 0.25) is 0 Å². The molecule has 5 nitrogen and oxygen atoms in total. The van der Waals surface area contributed by atoms with Crippen LogP contribution in [0.25, 0.3) is 0 Å². The fraction of sp³-hybridized carbons (Fsp3) is 1.00. The second-order valence-corrected chi connectivity index (χ2v) is 3.94. The third-order valence-electron chi connectivity index (χ3n) is 2.17. The zero-order valence-electron chi connectivity index (χ0n) is 10.1. The fourth-order valence-corrected chi connectivity index (χ4v) is 1.22. The predicted molar refractivity (Wildman–Crippen MR) is 62.3 cm³/mol. The van der Waals surface area contributed by atoms with Gasteiger partial charge in [0.1, 0.15) is 6.10 Å². The van der Waals surface area contributed by atoms with Gasteiger partial charge >= 0.3 is 0 Å². The number of ether oxygens (including phenoxy) is 1. The normalized spacial score (nSPS) is 15.0. The molecule has 0 heterocycles. The molecule has 0 rings (SSSR count). The summed E-state index contributed by atoms with van der Waals surface area (Å²) in [5, 5.41) is 30.1. The van der Waals surface area contributed by atoms with Gasteiger partial charge in [-0.1, -0.05) is 19.8 Å². The van der Waals surface area contributed by atoms with Crippen LogP contribution in [0.1, 0.15) is 26.2 Å². The van der Waals surface area contributed by atoms with Crippen LogP contribution in [-0.2, 0) is 4.74 Å². The van der Waals surface area contributed by atoms with E-state index in [-0.39, 0.29) is 19.8 Å². The summed E-state index contributed by atoms with van der Waals surface area (Å²) < 4.78 is 5.03. The van der Waals surface area contributed by atoms with Crippen LogP contribution >= 0.6 is 0 Å². The maximum atomic E-state index is 9.46. The number of aliphatic hydroxyl groups is 3. The van der Waals surface area contributed by atoms with Crippen molar-refractivity contribution < 1.29 is 20.1 Å². The molecule has 2 unspecified atom stereocenters. The van der Waals surface area contributed by atoms with E-state index < -0.39 is 12.2 Å². The highest BCUT2D eigenvalue weighted by atomic mass is 16.5. The molecule has 16 heavy (non-hydrogen) atoms. The van der Waals surface area contributed by atoms with E-state index in [1.165, 1.54) is 12.8 Å². The predicted octanol–water partition coefficient (Wildman–Crippen LogP) is -0.503. The van der Waals surface area contributed by atoms with Crippen molar-refractivity contribution in [1.82, 2.24) is 5.32 Å². The van der Waals surface area contributed by atoms with Crippen LogP contribution in [-0.4, -0.2) is 60.4 Å². The van der Waals surface area contributed by atoms with E-state index in [1.54, 1.807) is 0 Å². The van der Waals surface area contributed by atoms with E-state index >= 15 is 0 Å². The van der Waals surface area contributed by atoms with E-state index in [0.717, 1.165) is 13.0 Å². The second kappa shape index (κ2) is 11.3. The summed E-state index contributed by atoms with van der Waals surface area (Å²) in [6.45, 7) is 3.48. The molecule has 0 bridgehead atoms. The minimum Gasteiger partial charge on any atom is -0.394 e. The van der Waals surface area contributed by atoms with Gasteiger partial charge in [0.15, 0.2) is 0 Å². The van der Waals surface area contributed by atoms with E-state index in [4.69, 9.17) is 14.9 Å². The molecule has 2 atom stereocenters. The Morgan fingerprint density at radius 1 is 1.12 bits per heavy atom. The number of rotatable bonds is 11. The van der Waals surface area contributed by atoms with Gasteiger partial charge in [-0.15, -0.1) is 0 Å². The van der Waals surface area contributed by atoms with Crippen LogP contribution in [0.4, 0.5) is 0 Å². The largest absolute Gasteiger partial charge is 0.394 e. The molecule has 4 N–H and O–H groups in total. The lowest BCUT2D eigenvalue weighted by Gasteiger charge is -2.13. The van der Waals surface area contributed by atoms with Crippen LogP contribution in [0.5, 0.6) is 0 Å². The van der Waals surface area contributed by atoms with E-state index in [2.05, 4.69) is 12.2 Å². The smallest absolute Gasteiger partial charge is 0.100 e. The van der Waals surface area contributed by atoms with E-state index in [9.17, 15) is 5.11 Å². The van der Waals surface area contributed by atoms with Crippen LogP contribution < -0.4 is 5.32 Å². The molecule has 0 aliphatic heterocycles. The minimum absolute atomic E-state index is 0.0589. The molecule has 0 fully saturated rings. The van der Waals surface area contributed by atoms with Crippen molar-refractivity contribution in [1.29, 1.82) is 0 Å². The average Bonchev–Trinajstić information content (AvgIpc) is 2.28. The Hall–Kier alpha value is -0.200. The molecule has 5 heteroatoms. The van der Waals surface area contributed by atoms with Crippen LogP contribution in [0, 0.1) is 0 Å². The number of hydrogen-bond donors (Lipinski definition) is 4. The van der Waals surface area contributed by atoms with Crippen molar-refractivity contribution in [2.75, 3.05) is 32.9 Å². The van der Waals surface area contributed by atoms with Crippen molar-refractivity contribution in [2.24, 2.45) is 0 Å². The Kier molecular flexibility index (Phi) is 11.1. The SMILES string of the molecule is CCCCCNCC(O)COCC(O)CO. The third kappa shape index (κ3) is 10.3. The zero-order valence-corrected chi connectivity index (χ0v) is 10.1. The Balaban J connectivity index is 3.21. The number of nitrogens with one attached hydrogen (secondary N) is 1. The molecule has 0 aliphatic rings.